The van der Waals surface area contributed by atoms with Crippen LogP contribution < -0.4 is 9.80 Å². The van der Waals surface area contributed by atoms with Gasteiger partial charge in [-0.2, -0.15) is 0 Å². The van der Waals surface area contributed by atoms with Crippen LogP contribution in [0.15, 0.2) is 59.7 Å². The van der Waals surface area contributed by atoms with Gasteiger partial charge in [0.1, 0.15) is 11.1 Å². The molecule has 2 aromatic carbocycles. The fourth-order valence-corrected chi connectivity index (χ4v) is 4.20. The molecular weight excluding hydrogens is 504 g/mol. The average Bonchev–Trinajstić information content (AvgIpc) is 2.98. The summed E-state index contributed by atoms with van der Waals surface area (Å²) in [5, 5.41) is 0. The maximum absolute atomic E-state index is 13.8. The number of anilines is 2. The van der Waals surface area contributed by atoms with Crippen molar-refractivity contribution in [3.63, 3.8) is 0 Å². The summed E-state index contributed by atoms with van der Waals surface area (Å²) in [6, 6.07) is 15.2. The molecule has 0 spiro atoms. The van der Waals surface area contributed by atoms with Crippen molar-refractivity contribution >= 4 is 41.2 Å². The summed E-state index contributed by atoms with van der Waals surface area (Å²) in [4.78, 5) is 44.4. The summed E-state index contributed by atoms with van der Waals surface area (Å²) in [5.74, 6) is -2.28. The number of nitrogens with zero attached hydrogens (tertiary/aromatic N) is 2. The summed E-state index contributed by atoms with van der Waals surface area (Å²) >= 11 is 0. The van der Waals surface area contributed by atoms with Crippen LogP contribution in [0.1, 0.15) is 65.5 Å². The van der Waals surface area contributed by atoms with Crippen LogP contribution in [0.25, 0.3) is 12.2 Å². The molecule has 0 aliphatic rings. The minimum Gasteiger partial charge on any atom is -0.462 e. The zero-order chi connectivity index (χ0) is 29.5. The summed E-state index contributed by atoms with van der Waals surface area (Å²) in [6.07, 6.45) is 4.17. The second-order valence-electron chi connectivity index (χ2n) is 9.24. The molecule has 0 aromatic heterocycles. The van der Waals surface area contributed by atoms with Crippen LogP contribution >= 0.6 is 0 Å². The third-order valence-corrected chi connectivity index (χ3v) is 6.47. The first-order chi connectivity index (χ1) is 19.3. The van der Waals surface area contributed by atoms with Crippen LogP contribution in [0.3, 0.4) is 0 Å². The van der Waals surface area contributed by atoms with Crippen molar-refractivity contribution in [1.82, 2.24) is 0 Å². The van der Waals surface area contributed by atoms with E-state index in [2.05, 4.69) is 37.5 Å². The molecule has 0 amide bonds. The van der Waals surface area contributed by atoms with Crippen LogP contribution in [-0.4, -0.2) is 57.1 Å². The average molecular weight is 549 g/mol. The van der Waals surface area contributed by atoms with E-state index in [0.29, 0.717) is 24.0 Å². The zero-order valence-electron chi connectivity index (χ0n) is 24.9. The molecule has 2 rings (SSSR count). The van der Waals surface area contributed by atoms with Crippen LogP contribution in [0.5, 0.6) is 0 Å². The highest BCUT2D eigenvalue weighted by Crippen LogP contribution is 2.22. The first-order valence-electron chi connectivity index (χ1n) is 14.4. The van der Waals surface area contributed by atoms with Crippen molar-refractivity contribution in [2.24, 2.45) is 0 Å². The second-order valence-corrected chi connectivity index (χ2v) is 9.24. The minimum absolute atomic E-state index is 0.163. The Labute approximate surface area is 239 Å². The Morgan fingerprint density at radius 1 is 0.575 bits per heavy atom. The van der Waals surface area contributed by atoms with Gasteiger partial charge < -0.3 is 19.3 Å². The van der Waals surface area contributed by atoms with Gasteiger partial charge in [0, 0.05) is 37.6 Å². The number of benzene rings is 2. The Kier molecular flexibility index (Phi) is 13.7. The number of hydrogen-bond acceptors (Lipinski definition) is 7. The first-order valence-corrected chi connectivity index (χ1v) is 14.4. The third-order valence-electron chi connectivity index (χ3n) is 6.47. The molecule has 7 nitrogen and oxygen atoms in total. The summed E-state index contributed by atoms with van der Waals surface area (Å²) < 4.78 is 10.7. The molecule has 0 saturated carbocycles. The van der Waals surface area contributed by atoms with Crippen LogP contribution in [0.2, 0.25) is 0 Å². The smallest absolute Gasteiger partial charge is 0.342 e. The van der Waals surface area contributed by atoms with E-state index < -0.39 is 17.7 Å². The fourth-order valence-electron chi connectivity index (χ4n) is 4.20. The van der Waals surface area contributed by atoms with Gasteiger partial charge in [-0.05, 0) is 88.1 Å². The molecule has 0 aliphatic carbocycles. The maximum Gasteiger partial charge on any atom is 0.342 e. The Bertz CT molecular complexity index is 1070. The van der Waals surface area contributed by atoms with Gasteiger partial charge in [0.15, 0.2) is 0 Å². The van der Waals surface area contributed by atoms with Gasteiger partial charge in [-0.15, -0.1) is 0 Å². The molecule has 0 aliphatic heterocycles. The molecule has 0 saturated heterocycles. The van der Waals surface area contributed by atoms with Crippen molar-refractivity contribution in [2.75, 3.05) is 49.2 Å². The Balaban J connectivity index is 2.55. The van der Waals surface area contributed by atoms with E-state index in [1.807, 2.05) is 62.4 Å². The van der Waals surface area contributed by atoms with E-state index in [1.165, 1.54) is 12.2 Å². The quantitative estimate of drug-likeness (QED) is 0.105. The van der Waals surface area contributed by atoms with Crippen molar-refractivity contribution in [1.29, 1.82) is 0 Å². The number of esters is 2. The topological polar surface area (TPSA) is 76.2 Å². The number of rotatable bonds is 16. The van der Waals surface area contributed by atoms with E-state index in [-0.39, 0.29) is 24.4 Å². The van der Waals surface area contributed by atoms with Gasteiger partial charge in [-0.3, -0.25) is 4.79 Å². The molecule has 0 atom stereocenters. The Hall–Kier alpha value is -3.87. The highest BCUT2D eigenvalue weighted by atomic mass is 16.5. The van der Waals surface area contributed by atoms with E-state index in [1.54, 1.807) is 0 Å². The molecule has 40 heavy (non-hydrogen) atoms. The fraction of sp³-hybridized carbons (Fsp3) is 0.424. The van der Waals surface area contributed by atoms with E-state index in [4.69, 9.17) is 9.47 Å². The minimum atomic E-state index is -0.772. The molecule has 2 aromatic rings. The summed E-state index contributed by atoms with van der Waals surface area (Å²) in [6.45, 7) is 15.9. The molecule has 0 bridgehead atoms. The van der Waals surface area contributed by atoms with E-state index in [9.17, 15) is 14.4 Å². The predicted octanol–water partition coefficient (Wildman–Crippen LogP) is 6.32. The summed E-state index contributed by atoms with van der Waals surface area (Å²) in [5.41, 5.74) is 2.95. The van der Waals surface area contributed by atoms with Gasteiger partial charge in [0.25, 0.3) is 0 Å². The molecule has 0 unspecified atom stereocenters. The summed E-state index contributed by atoms with van der Waals surface area (Å²) in [7, 11) is 0. The molecule has 7 heteroatoms. The lowest BCUT2D eigenvalue weighted by atomic mass is 9.98. The largest absolute Gasteiger partial charge is 0.462 e. The van der Waals surface area contributed by atoms with Crippen molar-refractivity contribution in [2.45, 2.75) is 54.4 Å². The van der Waals surface area contributed by atoms with Crippen LogP contribution in [-0.2, 0) is 23.9 Å². The lowest BCUT2D eigenvalue weighted by molar-refractivity contribution is -0.141. The molecule has 0 N–H and O–H groups in total. The maximum atomic E-state index is 13.8. The molecule has 0 fully saturated rings. The van der Waals surface area contributed by atoms with E-state index in [0.717, 1.165) is 37.6 Å². The number of ketones is 1. The van der Waals surface area contributed by atoms with Crippen molar-refractivity contribution in [3.05, 3.63) is 70.8 Å². The number of carbonyl (C=O) groups excluding carboxylic acids is 3. The van der Waals surface area contributed by atoms with E-state index >= 15 is 0 Å². The molecule has 0 radical (unpaired) electrons. The molecule has 216 valence electrons. The standard InChI is InChI=1S/C33H44N2O5/c1-7-21-39-32(37)29(23-25-13-17-27(18-14-25)34(9-3)10-4)31(36)30(33(38)40-22-8-2)24-26-15-19-28(20-16-26)35(11-5)12-6/h13-20,23-24H,7-12,21-22H2,1-6H3. The second kappa shape index (κ2) is 17.0. The number of Topliss-reactive ketones (excluding diaryl/α,β-unsaturated/α-hetero) is 1. The van der Waals surface area contributed by atoms with Gasteiger partial charge in [0.2, 0.25) is 5.78 Å². The highest BCUT2D eigenvalue weighted by Gasteiger charge is 2.28. The molecular formula is C33H44N2O5. The van der Waals surface area contributed by atoms with Crippen LogP contribution in [0, 0.1) is 0 Å². The Morgan fingerprint density at radius 3 is 1.18 bits per heavy atom. The van der Waals surface area contributed by atoms with Crippen molar-refractivity contribution in [3.8, 4) is 0 Å². The highest BCUT2D eigenvalue weighted by molar-refractivity contribution is 6.35. The lowest BCUT2D eigenvalue weighted by Gasteiger charge is -2.21. The predicted molar refractivity (Wildman–Crippen MR) is 163 cm³/mol. The lowest BCUT2D eigenvalue weighted by Crippen LogP contribution is -2.23. The van der Waals surface area contributed by atoms with Gasteiger partial charge in [0.05, 0.1) is 13.2 Å². The number of carbonyl (C=O) groups is 3. The molecule has 0 heterocycles. The SMILES string of the molecule is CCCOC(=O)C(=Cc1ccc(N(CC)CC)cc1)C(=O)C(=Cc1ccc(N(CC)CC)cc1)C(=O)OCCC. The van der Waals surface area contributed by atoms with Gasteiger partial charge in [-0.1, -0.05) is 38.1 Å². The number of hydrogen-bond donors (Lipinski definition) is 0. The van der Waals surface area contributed by atoms with Crippen molar-refractivity contribution < 1.29 is 23.9 Å². The van der Waals surface area contributed by atoms with Gasteiger partial charge in [-0.25, -0.2) is 9.59 Å². The van der Waals surface area contributed by atoms with Crippen LogP contribution in [0.4, 0.5) is 11.4 Å². The normalized spacial score (nSPS) is 11.7. The third kappa shape index (κ3) is 9.11. The zero-order valence-corrected chi connectivity index (χ0v) is 24.9. The van der Waals surface area contributed by atoms with Gasteiger partial charge >= 0.3 is 11.9 Å². The monoisotopic (exact) mass is 548 g/mol. The first kappa shape index (κ1) is 32.3. The Morgan fingerprint density at radius 2 is 0.900 bits per heavy atom. The number of ether oxygens (including phenoxy) is 2.